The largest absolute Gasteiger partial charge is 0.368 e. The van der Waals surface area contributed by atoms with Gasteiger partial charge in [0.2, 0.25) is 11.9 Å². The van der Waals surface area contributed by atoms with Gasteiger partial charge >= 0.3 is 0 Å². The lowest BCUT2D eigenvalue weighted by Crippen LogP contribution is -2.06. The number of hydrogen-bond acceptors (Lipinski definition) is 7. The Balaban J connectivity index is 1.74. The number of nitrogens with two attached hydrogens (primary N) is 1. The predicted molar refractivity (Wildman–Crippen MR) is 92.8 cm³/mol. The van der Waals surface area contributed by atoms with Crippen LogP contribution in [0.15, 0.2) is 53.7 Å². The van der Waals surface area contributed by atoms with E-state index in [0.29, 0.717) is 22.5 Å². The van der Waals surface area contributed by atoms with Crippen molar-refractivity contribution in [2.24, 2.45) is 0 Å². The Kier molecular flexibility index (Phi) is 4.89. The molecule has 2 aromatic heterocycles. The van der Waals surface area contributed by atoms with Gasteiger partial charge in [0.1, 0.15) is 10.9 Å². The molecule has 3 N–H and O–H groups in total. The minimum Gasteiger partial charge on any atom is -0.368 e. The first kappa shape index (κ1) is 15.5. The number of pyridine rings is 1. The molecule has 23 heavy (non-hydrogen) atoms. The third-order valence-electron chi connectivity index (χ3n) is 2.79. The van der Waals surface area contributed by atoms with E-state index in [2.05, 4.69) is 25.3 Å². The summed E-state index contributed by atoms with van der Waals surface area (Å²) in [5.41, 5.74) is 6.64. The van der Waals surface area contributed by atoms with Crippen molar-refractivity contribution in [3.8, 4) is 0 Å². The molecule has 1 aromatic carbocycles. The average molecular weight is 345 g/mol. The van der Waals surface area contributed by atoms with Gasteiger partial charge < -0.3 is 11.1 Å². The van der Waals surface area contributed by atoms with Crippen LogP contribution >= 0.6 is 23.4 Å². The van der Waals surface area contributed by atoms with Crippen LogP contribution in [0.25, 0.3) is 0 Å². The molecule has 6 nitrogen and oxygen atoms in total. The maximum atomic E-state index is 6.09. The lowest BCUT2D eigenvalue weighted by Gasteiger charge is -2.07. The molecule has 0 aliphatic heterocycles. The Morgan fingerprint density at radius 1 is 1.04 bits per heavy atom. The zero-order chi connectivity index (χ0) is 16.1. The lowest BCUT2D eigenvalue weighted by atomic mass is 10.3. The highest BCUT2D eigenvalue weighted by atomic mass is 35.5. The molecular formula is C15H13ClN6S. The van der Waals surface area contributed by atoms with Gasteiger partial charge in [0, 0.05) is 11.9 Å². The first-order valence-corrected chi connectivity index (χ1v) is 8.13. The van der Waals surface area contributed by atoms with Gasteiger partial charge in [-0.2, -0.15) is 15.0 Å². The van der Waals surface area contributed by atoms with Crippen molar-refractivity contribution in [1.29, 1.82) is 0 Å². The van der Waals surface area contributed by atoms with E-state index in [1.165, 1.54) is 11.8 Å². The van der Waals surface area contributed by atoms with Gasteiger partial charge in [-0.1, -0.05) is 41.6 Å². The number of para-hydroxylation sites is 1. The van der Waals surface area contributed by atoms with E-state index in [4.69, 9.17) is 17.3 Å². The van der Waals surface area contributed by atoms with Gasteiger partial charge in [-0.15, -0.1) is 0 Å². The van der Waals surface area contributed by atoms with Crippen molar-refractivity contribution in [3.05, 3.63) is 59.5 Å². The topological polar surface area (TPSA) is 89.6 Å². The third kappa shape index (κ3) is 4.30. The fourth-order valence-corrected chi connectivity index (χ4v) is 2.84. The van der Waals surface area contributed by atoms with Crippen molar-refractivity contribution < 1.29 is 0 Å². The molecule has 0 bridgehead atoms. The number of halogens is 1. The number of hydrogen-bond donors (Lipinski definition) is 2. The van der Waals surface area contributed by atoms with Gasteiger partial charge in [0.05, 0.1) is 10.8 Å². The number of nitrogen functional groups attached to an aromatic ring is 1. The number of nitrogens with one attached hydrogen (secondary N) is 1. The van der Waals surface area contributed by atoms with Crippen LogP contribution in [0, 0.1) is 0 Å². The third-order valence-corrected chi connectivity index (χ3v) is 4.21. The molecule has 3 rings (SSSR count). The van der Waals surface area contributed by atoms with Crippen LogP contribution in [-0.2, 0) is 5.75 Å². The van der Waals surface area contributed by atoms with Crippen LogP contribution in [-0.4, -0.2) is 19.9 Å². The Labute approximate surface area is 142 Å². The van der Waals surface area contributed by atoms with Crippen molar-refractivity contribution >= 4 is 40.9 Å². The number of aromatic nitrogens is 4. The summed E-state index contributed by atoms with van der Waals surface area (Å²) in [5, 5.41) is 4.43. The van der Waals surface area contributed by atoms with E-state index in [9.17, 15) is 0 Å². The maximum Gasteiger partial charge on any atom is 0.232 e. The highest BCUT2D eigenvalue weighted by Gasteiger charge is 2.08. The Bertz CT molecular complexity index is 799. The molecule has 8 heteroatoms. The number of anilines is 3. The Hall–Kier alpha value is -2.38. The van der Waals surface area contributed by atoms with Gasteiger partial charge in [-0.3, -0.25) is 0 Å². The molecule has 0 saturated heterocycles. The number of thioether (sulfide) groups is 1. The second-order valence-electron chi connectivity index (χ2n) is 4.50. The minimum absolute atomic E-state index is 0.168. The predicted octanol–water partition coefficient (Wildman–Crippen LogP) is 3.54. The summed E-state index contributed by atoms with van der Waals surface area (Å²) in [7, 11) is 0. The second kappa shape index (κ2) is 7.26. The van der Waals surface area contributed by atoms with Crippen molar-refractivity contribution in [2.75, 3.05) is 11.1 Å². The average Bonchev–Trinajstić information content (AvgIpc) is 2.54. The molecule has 0 spiro atoms. The van der Waals surface area contributed by atoms with Crippen LogP contribution in [0.3, 0.4) is 0 Å². The van der Waals surface area contributed by atoms with Crippen LogP contribution < -0.4 is 11.1 Å². The normalized spacial score (nSPS) is 10.5. The Morgan fingerprint density at radius 3 is 2.65 bits per heavy atom. The van der Waals surface area contributed by atoms with Crippen LogP contribution in [0.1, 0.15) is 5.82 Å². The van der Waals surface area contributed by atoms with Gasteiger partial charge in [0.15, 0.2) is 0 Å². The summed E-state index contributed by atoms with van der Waals surface area (Å²) in [4.78, 5) is 16.8. The summed E-state index contributed by atoms with van der Waals surface area (Å²) in [6.45, 7) is 0. The van der Waals surface area contributed by atoms with Crippen LogP contribution in [0.5, 0.6) is 0 Å². The summed E-state index contributed by atoms with van der Waals surface area (Å²) >= 11 is 7.53. The highest BCUT2D eigenvalue weighted by molar-refractivity contribution is 7.98. The van der Waals surface area contributed by atoms with E-state index >= 15 is 0 Å². The quantitative estimate of drug-likeness (QED) is 0.684. The smallest absolute Gasteiger partial charge is 0.232 e. The molecule has 0 unspecified atom stereocenters. The maximum absolute atomic E-state index is 6.09. The van der Waals surface area contributed by atoms with Gasteiger partial charge in [-0.25, -0.2) is 4.98 Å². The van der Waals surface area contributed by atoms with Gasteiger partial charge in [-0.05, 0) is 24.3 Å². The number of nitrogens with zero attached hydrogens (tertiary/aromatic N) is 4. The minimum atomic E-state index is 0.168. The molecule has 2 heterocycles. The zero-order valence-corrected chi connectivity index (χ0v) is 13.6. The SMILES string of the molecule is Nc1nc(CSc2ncccc2Cl)nc(Nc2ccccc2)n1. The summed E-state index contributed by atoms with van der Waals surface area (Å²) in [6, 6.07) is 13.2. The molecule has 116 valence electrons. The molecule has 0 radical (unpaired) electrons. The van der Waals surface area contributed by atoms with Crippen LogP contribution in [0.4, 0.5) is 17.6 Å². The van der Waals surface area contributed by atoms with E-state index < -0.39 is 0 Å². The molecule has 0 fully saturated rings. The van der Waals surface area contributed by atoms with E-state index in [1.54, 1.807) is 18.3 Å². The number of benzene rings is 1. The standard InChI is InChI=1S/C15H13ClN6S/c16-11-7-4-8-18-13(11)23-9-12-20-14(17)22-15(21-12)19-10-5-2-1-3-6-10/h1-8H,9H2,(H3,17,19,20,21,22). The summed E-state index contributed by atoms with van der Waals surface area (Å²) in [6.07, 6.45) is 1.69. The summed E-state index contributed by atoms with van der Waals surface area (Å²) in [5.74, 6) is 1.63. The van der Waals surface area contributed by atoms with Crippen molar-refractivity contribution in [3.63, 3.8) is 0 Å². The first-order chi connectivity index (χ1) is 11.2. The summed E-state index contributed by atoms with van der Waals surface area (Å²) < 4.78 is 0. The zero-order valence-electron chi connectivity index (χ0n) is 12.0. The Morgan fingerprint density at radius 2 is 1.87 bits per heavy atom. The van der Waals surface area contributed by atoms with Crippen molar-refractivity contribution in [2.45, 2.75) is 10.8 Å². The van der Waals surface area contributed by atoms with E-state index in [1.807, 2.05) is 30.3 Å². The molecular weight excluding hydrogens is 332 g/mol. The molecule has 3 aromatic rings. The van der Waals surface area contributed by atoms with Crippen molar-refractivity contribution in [1.82, 2.24) is 19.9 Å². The molecule has 0 aliphatic rings. The van der Waals surface area contributed by atoms with E-state index in [0.717, 1.165) is 10.7 Å². The number of rotatable bonds is 5. The highest BCUT2D eigenvalue weighted by Crippen LogP contribution is 2.26. The fraction of sp³-hybridized carbons (Fsp3) is 0.0667. The molecule has 0 amide bonds. The monoisotopic (exact) mass is 344 g/mol. The fourth-order valence-electron chi connectivity index (χ4n) is 1.82. The second-order valence-corrected chi connectivity index (χ2v) is 5.87. The van der Waals surface area contributed by atoms with Crippen LogP contribution in [0.2, 0.25) is 5.02 Å². The molecule has 0 saturated carbocycles. The van der Waals surface area contributed by atoms with E-state index in [-0.39, 0.29) is 5.95 Å². The first-order valence-electron chi connectivity index (χ1n) is 6.76. The molecule has 0 aliphatic carbocycles. The van der Waals surface area contributed by atoms with Gasteiger partial charge in [0.25, 0.3) is 0 Å². The molecule has 0 atom stereocenters. The lowest BCUT2D eigenvalue weighted by molar-refractivity contribution is 0.979.